The maximum Gasteiger partial charge on any atom is 0.301 e. The number of ether oxygens (including phenoxy) is 1. The van der Waals surface area contributed by atoms with Crippen molar-refractivity contribution in [1.82, 2.24) is 10.2 Å². The number of nitrogens with zero attached hydrogens (tertiary/aromatic N) is 3. The normalized spacial score (nSPS) is 17.7. The molecule has 0 saturated carbocycles. The van der Waals surface area contributed by atoms with E-state index in [2.05, 4.69) is 31.0 Å². The van der Waals surface area contributed by atoms with E-state index in [4.69, 9.17) is 4.74 Å². The summed E-state index contributed by atoms with van der Waals surface area (Å²) < 4.78 is 5.29. The molecule has 0 bridgehead atoms. The molecule has 182 valence electrons. The predicted octanol–water partition coefficient (Wildman–Crippen LogP) is 5.62. The Labute approximate surface area is 212 Å². The Balaban J connectivity index is 1.67. The molecular formula is C28H25N3O4S. The lowest BCUT2D eigenvalue weighted by atomic mass is 9.85. The second-order valence-electron chi connectivity index (χ2n) is 9.69. The smallest absolute Gasteiger partial charge is 0.301 e. The van der Waals surface area contributed by atoms with Gasteiger partial charge in [0.1, 0.15) is 17.0 Å². The topological polar surface area (TPSA) is 92.6 Å². The second-order valence-corrected chi connectivity index (χ2v) is 10.5. The highest BCUT2D eigenvalue weighted by Crippen LogP contribution is 2.43. The van der Waals surface area contributed by atoms with Crippen molar-refractivity contribution in [3.05, 3.63) is 88.4 Å². The van der Waals surface area contributed by atoms with Crippen molar-refractivity contribution in [2.75, 3.05) is 12.0 Å². The number of Topliss-reactive ketones (excluding diaryl/α,β-unsaturated/α-hetero) is 1. The van der Waals surface area contributed by atoms with Crippen molar-refractivity contribution >= 4 is 44.7 Å². The summed E-state index contributed by atoms with van der Waals surface area (Å²) >= 11 is 1.16. The summed E-state index contributed by atoms with van der Waals surface area (Å²) in [5.41, 5.74) is 3.72. The van der Waals surface area contributed by atoms with Gasteiger partial charge in [0.25, 0.3) is 5.78 Å². The van der Waals surface area contributed by atoms with Crippen LogP contribution in [0.5, 0.6) is 5.75 Å². The summed E-state index contributed by atoms with van der Waals surface area (Å²) in [4.78, 5) is 27.8. The SMILES string of the molecule is COc1ccc2cc(/C(O)=C3\C(=O)C(=O)N(c4nncs4)C3c3ccc(C(C)(C)C)cc3)ccc2c1. The van der Waals surface area contributed by atoms with Gasteiger partial charge < -0.3 is 9.84 Å². The molecule has 1 amide bonds. The number of anilines is 1. The molecule has 1 atom stereocenters. The van der Waals surface area contributed by atoms with E-state index in [9.17, 15) is 14.7 Å². The highest BCUT2D eigenvalue weighted by atomic mass is 32.1. The fourth-order valence-corrected chi connectivity index (χ4v) is 5.02. The molecule has 1 aliphatic rings. The molecule has 1 saturated heterocycles. The number of rotatable bonds is 4. The second kappa shape index (κ2) is 8.87. The molecule has 0 radical (unpaired) electrons. The number of aliphatic hydroxyl groups is 1. The van der Waals surface area contributed by atoms with Crippen LogP contribution in [0.1, 0.15) is 43.5 Å². The van der Waals surface area contributed by atoms with Crippen molar-refractivity contribution < 1.29 is 19.4 Å². The summed E-state index contributed by atoms with van der Waals surface area (Å²) in [6, 6.07) is 17.9. The number of hydrogen-bond donors (Lipinski definition) is 1. The van der Waals surface area contributed by atoms with E-state index in [1.54, 1.807) is 19.2 Å². The van der Waals surface area contributed by atoms with Crippen LogP contribution in [0.3, 0.4) is 0 Å². The van der Waals surface area contributed by atoms with Gasteiger partial charge in [-0.2, -0.15) is 0 Å². The Kier molecular flexibility index (Phi) is 5.84. The molecule has 1 aromatic heterocycles. The first-order valence-electron chi connectivity index (χ1n) is 11.4. The number of carbonyl (C=O) groups is 2. The average molecular weight is 500 g/mol. The van der Waals surface area contributed by atoms with Crippen molar-refractivity contribution in [3.8, 4) is 5.75 Å². The molecule has 2 heterocycles. The van der Waals surface area contributed by atoms with Crippen molar-refractivity contribution in [2.24, 2.45) is 0 Å². The van der Waals surface area contributed by atoms with Crippen LogP contribution in [0.4, 0.5) is 5.13 Å². The van der Waals surface area contributed by atoms with E-state index in [1.807, 2.05) is 48.5 Å². The third-order valence-corrected chi connectivity index (χ3v) is 7.10. The van der Waals surface area contributed by atoms with Crippen molar-refractivity contribution in [3.63, 3.8) is 0 Å². The first-order chi connectivity index (χ1) is 17.2. The molecule has 8 heteroatoms. The summed E-state index contributed by atoms with van der Waals surface area (Å²) in [5, 5.41) is 21.4. The van der Waals surface area contributed by atoms with E-state index in [0.717, 1.165) is 33.4 Å². The van der Waals surface area contributed by atoms with E-state index >= 15 is 0 Å². The van der Waals surface area contributed by atoms with Gasteiger partial charge in [-0.05, 0) is 45.5 Å². The van der Waals surface area contributed by atoms with Gasteiger partial charge in [-0.3, -0.25) is 14.5 Å². The van der Waals surface area contributed by atoms with Crippen LogP contribution in [-0.2, 0) is 15.0 Å². The van der Waals surface area contributed by atoms with Gasteiger partial charge in [-0.15, -0.1) is 10.2 Å². The van der Waals surface area contributed by atoms with Crippen LogP contribution >= 0.6 is 11.3 Å². The standard InChI is InChI=1S/C28H25N3O4S/c1-28(2,3)20-10-7-16(8-11-20)23-22(25(33)26(34)31(23)27-30-29-15-36-27)24(32)19-6-5-18-14-21(35-4)12-9-17(18)13-19/h5-15,23,32H,1-4H3/b24-22+. The van der Waals surface area contributed by atoms with Gasteiger partial charge in [-0.25, -0.2) is 0 Å². The molecule has 7 nitrogen and oxygen atoms in total. The molecule has 1 unspecified atom stereocenters. The fraction of sp³-hybridized carbons (Fsp3) is 0.214. The number of carbonyl (C=O) groups excluding carboxylic acids is 2. The van der Waals surface area contributed by atoms with Crippen LogP contribution in [0, 0.1) is 0 Å². The number of hydrogen-bond acceptors (Lipinski definition) is 7. The van der Waals surface area contributed by atoms with Gasteiger partial charge in [0.15, 0.2) is 0 Å². The zero-order valence-corrected chi connectivity index (χ0v) is 21.2. The Bertz CT molecular complexity index is 1500. The number of benzene rings is 3. The quantitative estimate of drug-likeness (QED) is 0.222. The zero-order chi connectivity index (χ0) is 25.6. The lowest BCUT2D eigenvalue weighted by Crippen LogP contribution is -2.29. The van der Waals surface area contributed by atoms with E-state index in [-0.39, 0.29) is 16.7 Å². The molecule has 1 fully saturated rings. The number of methoxy groups -OCH3 is 1. The fourth-order valence-electron chi connectivity index (χ4n) is 4.44. The number of ketones is 1. The van der Waals surface area contributed by atoms with Crippen LogP contribution in [0.2, 0.25) is 0 Å². The number of fused-ring (bicyclic) bond motifs is 1. The van der Waals surface area contributed by atoms with E-state index in [0.29, 0.717) is 16.3 Å². The van der Waals surface area contributed by atoms with Gasteiger partial charge in [0, 0.05) is 5.56 Å². The Morgan fingerprint density at radius 2 is 1.69 bits per heavy atom. The lowest BCUT2D eigenvalue weighted by molar-refractivity contribution is -0.132. The summed E-state index contributed by atoms with van der Waals surface area (Å²) in [5.74, 6) is -1.02. The van der Waals surface area contributed by atoms with Crippen molar-refractivity contribution in [2.45, 2.75) is 32.2 Å². The molecular weight excluding hydrogens is 474 g/mol. The molecule has 0 spiro atoms. The van der Waals surface area contributed by atoms with Gasteiger partial charge in [-0.1, -0.05) is 74.6 Å². The summed E-state index contributed by atoms with van der Waals surface area (Å²) in [7, 11) is 1.60. The van der Waals surface area contributed by atoms with Gasteiger partial charge in [0.05, 0.1) is 18.7 Å². The monoisotopic (exact) mass is 499 g/mol. The average Bonchev–Trinajstić information content (AvgIpc) is 3.49. The molecule has 1 aliphatic heterocycles. The highest BCUT2D eigenvalue weighted by molar-refractivity contribution is 7.13. The summed E-state index contributed by atoms with van der Waals surface area (Å²) in [6.45, 7) is 6.35. The lowest BCUT2D eigenvalue weighted by Gasteiger charge is -2.24. The first-order valence-corrected chi connectivity index (χ1v) is 12.3. The highest BCUT2D eigenvalue weighted by Gasteiger charge is 2.48. The number of amides is 1. The Hall–Kier alpha value is -4.04. The third kappa shape index (κ3) is 4.03. The molecule has 3 aromatic carbocycles. The molecule has 4 aromatic rings. The minimum Gasteiger partial charge on any atom is -0.507 e. The van der Waals surface area contributed by atoms with Crippen LogP contribution in [0.15, 0.2) is 71.7 Å². The molecule has 1 N–H and O–H groups in total. The van der Waals surface area contributed by atoms with Gasteiger partial charge >= 0.3 is 5.91 Å². The van der Waals surface area contributed by atoms with Crippen molar-refractivity contribution in [1.29, 1.82) is 0 Å². The molecule has 0 aliphatic carbocycles. The molecule has 5 rings (SSSR count). The van der Waals surface area contributed by atoms with Gasteiger partial charge in [0.2, 0.25) is 5.13 Å². The molecule has 36 heavy (non-hydrogen) atoms. The Morgan fingerprint density at radius 1 is 1.00 bits per heavy atom. The number of aromatic nitrogens is 2. The number of aliphatic hydroxyl groups excluding tert-OH is 1. The maximum absolute atomic E-state index is 13.3. The summed E-state index contributed by atoms with van der Waals surface area (Å²) in [6.07, 6.45) is 0. The third-order valence-electron chi connectivity index (χ3n) is 6.41. The largest absolute Gasteiger partial charge is 0.507 e. The first kappa shape index (κ1) is 23.7. The Morgan fingerprint density at radius 3 is 2.33 bits per heavy atom. The minimum absolute atomic E-state index is 0.0200. The van der Waals surface area contributed by atoms with Crippen LogP contribution in [0.25, 0.3) is 16.5 Å². The van der Waals surface area contributed by atoms with E-state index in [1.165, 1.54) is 10.4 Å². The van der Waals surface area contributed by atoms with Crippen LogP contribution in [-0.4, -0.2) is 34.1 Å². The minimum atomic E-state index is -0.835. The predicted molar refractivity (Wildman–Crippen MR) is 140 cm³/mol. The van der Waals surface area contributed by atoms with E-state index < -0.39 is 17.7 Å². The maximum atomic E-state index is 13.3. The van der Waals surface area contributed by atoms with Crippen LogP contribution < -0.4 is 9.64 Å². The zero-order valence-electron chi connectivity index (χ0n) is 20.4.